The first-order chi connectivity index (χ1) is 8.08. The molecule has 0 unspecified atom stereocenters. The van der Waals surface area contributed by atoms with E-state index in [-0.39, 0.29) is 11.9 Å². The smallest absolute Gasteiger partial charge is 0.267 e. The third-order valence-electron chi connectivity index (χ3n) is 3.30. The molecule has 0 bridgehead atoms. The predicted molar refractivity (Wildman–Crippen MR) is 68.4 cm³/mol. The maximum atomic E-state index is 12.0. The molecule has 3 N–H and O–H groups in total. The number of aromatic nitrogens is 1. The molecular formula is C12H18ClN3O. The van der Waals surface area contributed by atoms with Gasteiger partial charge in [-0.25, -0.2) is 0 Å². The molecule has 4 nitrogen and oxygen atoms in total. The van der Waals surface area contributed by atoms with E-state index in [2.05, 4.69) is 22.5 Å². The number of halogens is 1. The molecule has 17 heavy (non-hydrogen) atoms. The van der Waals surface area contributed by atoms with Crippen LogP contribution < -0.4 is 10.6 Å². The van der Waals surface area contributed by atoms with Crippen LogP contribution in [0.25, 0.3) is 0 Å². The van der Waals surface area contributed by atoms with Crippen LogP contribution in [0.4, 0.5) is 0 Å². The highest BCUT2D eigenvalue weighted by molar-refractivity contribution is 6.31. The Kier molecular flexibility index (Phi) is 3.74. The average molecular weight is 256 g/mol. The first-order valence-electron chi connectivity index (χ1n) is 5.94. The SMILES string of the molecule is Cc1[nH]c(C(=O)N[C@@H]2CCNC[C@H]2C)cc1Cl. The summed E-state index contributed by atoms with van der Waals surface area (Å²) in [6.45, 7) is 5.91. The topological polar surface area (TPSA) is 56.9 Å². The second-order valence-electron chi connectivity index (χ2n) is 4.71. The maximum absolute atomic E-state index is 12.0. The molecule has 1 aliphatic rings. The van der Waals surface area contributed by atoms with Crippen LogP contribution in [0.3, 0.4) is 0 Å². The second-order valence-corrected chi connectivity index (χ2v) is 5.11. The number of rotatable bonds is 2. The van der Waals surface area contributed by atoms with Gasteiger partial charge in [0.2, 0.25) is 0 Å². The molecule has 0 aliphatic carbocycles. The summed E-state index contributed by atoms with van der Waals surface area (Å²) in [5.74, 6) is 0.387. The van der Waals surface area contributed by atoms with Gasteiger partial charge in [-0.2, -0.15) is 0 Å². The van der Waals surface area contributed by atoms with Gasteiger partial charge in [-0.3, -0.25) is 4.79 Å². The van der Waals surface area contributed by atoms with Crippen molar-refractivity contribution in [3.63, 3.8) is 0 Å². The van der Waals surface area contributed by atoms with Crippen molar-refractivity contribution in [2.45, 2.75) is 26.3 Å². The Hall–Kier alpha value is -1.00. The summed E-state index contributed by atoms with van der Waals surface area (Å²) in [6.07, 6.45) is 0.973. The molecule has 1 saturated heterocycles. The van der Waals surface area contributed by atoms with Gasteiger partial charge in [0.1, 0.15) is 5.69 Å². The normalized spacial score (nSPS) is 24.6. The molecule has 0 radical (unpaired) electrons. The third-order valence-corrected chi connectivity index (χ3v) is 3.69. The van der Waals surface area contributed by atoms with E-state index in [1.165, 1.54) is 0 Å². The van der Waals surface area contributed by atoms with Gasteiger partial charge in [0.15, 0.2) is 0 Å². The van der Waals surface area contributed by atoms with Gasteiger partial charge in [-0.1, -0.05) is 18.5 Å². The van der Waals surface area contributed by atoms with Crippen LogP contribution >= 0.6 is 11.6 Å². The lowest BCUT2D eigenvalue weighted by Crippen LogP contribution is -2.48. The highest BCUT2D eigenvalue weighted by atomic mass is 35.5. The van der Waals surface area contributed by atoms with Crippen LogP contribution in [0, 0.1) is 12.8 Å². The van der Waals surface area contributed by atoms with Crippen molar-refractivity contribution in [3.05, 3.63) is 22.5 Å². The number of carbonyl (C=O) groups excluding carboxylic acids is 1. The van der Waals surface area contributed by atoms with E-state index in [0.717, 1.165) is 25.2 Å². The van der Waals surface area contributed by atoms with Crippen LogP contribution in [0.2, 0.25) is 5.02 Å². The fourth-order valence-electron chi connectivity index (χ4n) is 2.13. The number of carbonyl (C=O) groups is 1. The second kappa shape index (κ2) is 5.10. The molecule has 0 spiro atoms. The first-order valence-corrected chi connectivity index (χ1v) is 6.32. The number of piperidine rings is 1. The van der Waals surface area contributed by atoms with E-state index in [1.54, 1.807) is 6.07 Å². The summed E-state index contributed by atoms with van der Waals surface area (Å²) in [6, 6.07) is 1.92. The molecular weight excluding hydrogens is 238 g/mol. The highest BCUT2D eigenvalue weighted by Crippen LogP contribution is 2.17. The Balaban J connectivity index is 2.01. The summed E-state index contributed by atoms with van der Waals surface area (Å²) < 4.78 is 0. The Bertz CT molecular complexity index is 396. The van der Waals surface area contributed by atoms with Gasteiger partial charge in [-0.15, -0.1) is 0 Å². The van der Waals surface area contributed by atoms with Gasteiger partial charge < -0.3 is 15.6 Å². The minimum absolute atomic E-state index is 0.0706. The number of hydrogen-bond donors (Lipinski definition) is 3. The molecule has 1 aromatic heterocycles. The predicted octanol–water partition coefficient (Wildman–Crippen LogP) is 1.70. The lowest BCUT2D eigenvalue weighted by molar-refractivity contribution is 0.0909. The van der Waals surface area contributed by atoms with E-state index in [4.69, 9.17) is 11.6 Å². The number of aryl methyl sites for hydroxylation is 1. The Morgan fingerprint density at radius 3 is 2.94 bits per heavy atom. The molecule has 2 heterocycles. The van der Waals surface area contributed by atoms with Crippen LogP contribution in [-0.4, -0.2) is 30.0 Å². The molecule has 2 rings (SSSR count). The number of H-pyrrole nitrogens is 1. The number of aromatic amines is 1. The average Bonchev–Trinajstić information content (AvgIpc) is 2.63. The molecule has 5 heteroatoms. The number of amides is 1. The van der Waals surface area contributed by atoms with Gasteiger partial charge in [0.25, 0.3) is 5.91 Å². The largest absolute Gasteiger partial charge is 0.353 e. The monoisotopic (exact) mass is 255 g/mol. The van der Waals surface area contributed by atoms with Crippen LogP contribution in [0.15, 0.2) is 6.07 Å². The zero-order valence-electron chi connectivity index (χ0n) is 10.1. The van der Waals surface area contributed by atoms with Crippen LogP contribution in [0.1, 0.15) is 29.5 Å². The van der Waals surface area contributed by atoms with Crippen LogP contribution in [-0.2, 0) is 0 Å². The summed E-state index contributed by atoms with van der Waals surface area (Å²) in [5.41, 5.74) is 1.37. The van der Waals surface area contributed by atoms with Gasteiger partial charge >= 0.3 is 0 Å². The van der Waals surface area contributed by atoms with E-state index in [1.807, 2.05) is 6.92 Å². The van der Waals surface area contributed by atoms with Crippen molar-refractivity contribution in [1.82, 2.24) is 15.6 Å². The van der Waals surface area contributed by atoms with Gasteiger partial charge in [-0.05, 0) is 38.4 Å². The quantitative estimate of drug-likeness (QED) is 0.754. The maximum Gasteiger partial charge on any atom is 0.267 e. The van der Waals surface area contributed by atoms with Gasteiger partial charge in [0, 0.05) is 11.7 Å². The first kappa shape index (κ1) is 12.5. The molecule has 0 aromatic carbocycles. The van der Waals surface area contributed by atoms with Crippen molar-refractivity contribution in [2.75, 3.05) is 13.1 Å². The fraction of sp³-hybridized carbons (Fsp3) is 0.583. The highest BCUT2D eigenvalue weighted by Gasteiger charge is 2.23. The fourth-order valence-corrected chi connectivity index (χ4v) is 2.29. The van der Waals surface area contributed by atoms with Crippen molar-refractivity contribution in [3.8, 4) is 0 Å². The minimum Gasteiger partial charge on any atom is -0.353 e. The lowest BCUT2D eigenvalue weighted by atomic mass is 9.95. The molecule has 1 aliphatic heterocycles. The van der Waals surface area contributed by atoms with Crippen molar-refractivity contribution in [1.29, 1.82) is 0 Å². The summed E-state index contributed by atoms with van der Waals surface area (Å²) >= 11 is 5.92. The molecule has 1 fully saturated rings. The number of nitrogens with one attached hydrogen (secondary N) is 3. The summed E-state index contributed by atoms with van der Waals surface area (Å²) in [4.78, 5) is 15.0. The van der Waals surface area contributed by atoms with Gasteiger partial charge in [0.05, 0.1) is 5.02 Å². The van der Waals surface area contributed by atoms with Crippen LogP contribution in [0.5, 0.6) is 0 Å². The molecule has 1 aromatic rings. The number of hydrogen-bond acceptors (Lipinski definition) is 2. The zero-order valence-corrected chi connectivity index (χ0v) is 10.9. The molecule has 0 saturated carbocycles. The Labute approximate surface area is 106 Å². The lowest BCUT2D eigenvalue weighted by Gasteiger charge is -2.30. The zero-order chi connectivity index (χ0) is 12.4. The molecule has 94 valence electrons. The summed E-state index contributed by atoms with van der Waals surface area (Å²) in [7, 11) is 0. The Morgan fingerprint density at radius 1 is 1.59 bits per heavy atom. The standard InChI is InChI=1S/C12H18ClN3O/c1-7-6-14-4-3-10(7)16-12(17)11-5-9(13)8(2)15-11/h5,7,10,14-15H,3-4,6H2,1-2H3,(H,16,17)/t7-,10-/m1/s1. The molecule has 2 atom stereocenters. The van der Waals surface area contributed by atoms with Crippen molar-refractivity contribution >= 4 is 17.5 Å². The van der Waals surface area contributed by atoms with Crippen molar-refractivity contribution in [2.24, 2.45) is 5.92 Å². The third kappa shape index (κ3) is 2.82. The van der Waals surface area contributed by atoms with E-state index < -0.39 is 0 Å². The van der Waals surface area contributed by atoms with E-state index in [0.29, 0.717) is 16.6 Å². The summed E-state index contributed by atoms with van der Waals surface area (Å²) in [5, 5.41) is 6.97. The van der Waals surface area contributed by atoms with Crippen molar-refractivity contribution < 1.29 is 4.79 Å². The molecule has 1 amide bonds. The van der Waals surface area contributed by atoms with E-state index in [9.17, 15) is 4.79 Å². The Morgan fingerprint density at radius 2 is 2.35 bits per heavy atom. The minimum atomic E-state index is -0.0706. The van der Waals surface area contributed by atoms with E-state index >= 15 is 0 Å².